The summed E-state index contributed by atoms with van der Waals surface area (Å²) in [7, 11) is 0. The van der Waals surface area contributed by atoms with Gasteiger partial charge in [0.2, 0.25) is 0 Å². The van der Waals surface area contributed by atoms with E-state index in [1.54, 1.807) is 6.92 Å². The molecule has 0 saturated heterocycles. The van der Waals surface area contributed by atoms with Gasteiger partial charge in [0.15, 0.2) is 0 Å². The fourth-order valence-electron chi connectivity index (χ4n) is 3.47. The van der Waals surface area contributed by atoms with E-state index < -0.39 is 16.7 Å². The van der Waals surface area contributed by atoms with Gasteiger partial charge in [-0.05, 0) is 60.1 Å². The molecule has 5 nitrogen and oxygen atoms in total. The van der Waals surface area contributed by atoms with E-state index in [-0.39, 0.29) is 28.7 Å². The molecule has 6 heteroatoms. The van der Waals surface area contributed by atoms with Gasteiger partial charge in [-0.2, -0.15) is 0 Å². The third-order valence-corrected chi connectivity index (χ3v) is 4.43. The van der Waals surface area contributed by atoms with Crippen LogP contribution in [0.15, 0.2) is 30.3 Å². The second kappa shape index (κ2) is 7.64. The highest BCUT2D eigenvalue weighted by atomic mass is 19.1. The van der Waals surface area contributed by atoms with Gasteiger partial charge in [0.1, 0.15) is 5.82 Å². The standard InChI is InChI=1S/C20H22FNO4/c1-11(2)9-13(4)18-16(20(23)24)7-8-17(22(25)26)19(18)15-6-5-14(21)10-12(15)3/h5-8,10-11,13H,9H2,1-4H3,(H,23,24). The second-order valence-electron chi connectivity index (χ2n) is 6.97. The number of aryl methyl sites for hydroxylation is 1. The Bertz CT molecular complexity index is 861. The van der Waals surface area contributed by atoms with Crippen molar-refractivity contribution in [3.05, 3.63) is 63.0 Å². The molecule has 0 aliphatic rings. The van der Waals surface area contributed by atoms with E-state index in [4.69, 9.17) is 0 Å². The summed E-state index contributed by atoms with van der Waals surface area (Å²) in [6, 6.07) is 6.51. The zero-order valence-corrected chi connectivity index (χ0v) is 15.2. The van der Waals surface area contributed by atoms with E-state index >= 15 is 0 Å². The first-order valence-electron chi connectivity index (χ1n) is 8.44. The second-order valence-corrected chi connectivity index (χ2v) is 6.97. The molecule has 0 heterocycles. The lowest BCUT2D eigenvalue weighted by Crippen LogP contribution is -2.11. The predicted octanol–water partition coefficient (Wildman–Crippen LogP) is 5.56. The lowest BCUT2D eigenvalue weighted by Gasteiger charge is -2.21. The first-order valence-corrected chi connectivity index (χ1v) is 8.44. The van der Waals surface area contributed by atoms with E-state index in [0.717, 1.165) is 0 Å². The van der Waals surface area contributed by atoms with Crippen molar-refractivity contribution in [1.29, 1.82) is 0 Å². The van der Waals surface area contributed by atoms with Gasteiger partial charge in [0.05, 0.1) is 16.1 Å². The molecule has 2 aromatic rings. The number of aromatic carboxylic acids is 1. The van der Waals surface area contributed by atoms with Crippen LogP contribution in [0.2, 0.25) is 0 Å². The molecule has 0 fully saturated rings. The SMILES string of the molecule is Cc1cc(F)ccc1-c1c([N+](=O)[O-])ccc(C(=O)O)c1C(C)CC(C)C. The number of halogens is 1. The van der Waals surface area contributed by atoms with Gasteiger partial charge < -0.3 is 5.11 Å². The van der Waals surface area contributed by atoms with Gasteiger partial charge in [-0.1, -0.05) is 26.8 Å². The number of carboxylic acids is 1. The number of carbonyl (C=O) groups is 1. The van der Waals surface area contributed by atoms with Crippen molar-refractivity contribution in [1.82, 2.24) is 0 Å². The Morgan fingerprint density at radius 2 is 1.88 bits per heavy atom. The van der Waals surface area contributed by atoms with Gasteiger partial charge in [-0.15, -0.1) is 0 Å². The zero-order chi connectivity index (χ0) is 19.6. The van der Waals surface area contributed by atoms with Crippen molar-refractivity contribution in [3.63, 3.8) is 0 Å². The molecular formula is C20H22FNO4. The molecule has 138 valence electrons. The monoisotopic (exact) mass is 359 g/mol. The van der Waals surface area contributed by atoms with Crippen molar-refractivity contribution in [2.45, 2.75) is 40.0 Å². The topological polar surface area (TPSA) is 80.4 Å². The number of rotatable bonds is 6. The van der Waals surface area contributed by atoms with Crippen LogP contribution in [0.5, 0.6) is 0 Å². The molecule has 0 bridgehead atoms. The van der Waals surface area contributed by atoms with E-state index in [1.807, 2.05) is 20.8 Å². The van der Waals surface area contributed by atoms with Crippen LogP contribution in [0.3, 0.4) is 0 Å². The van der Waals surface area contributed by atoms with Crippen LogP contribution in [0.4, 0.5) is 10.1 Å². The summed E-state index contributed by atoms with van der Waals surface area (Å²) in [5.74, 6) is -1.50. The highest BCUT2D eigenvalue weighted by Crippen LogP contribution is 2.42. The minimum absolute atomic E-state index is 0.0440. The van der Waals surface area contributed by atoms with Gasteiger partial charge in [-0.25, -0.2) is 9.18 Å². The van der Waals surface area contributed by atoms with Crippen molar-refractivity contribution >= 4 is 11.7 Å². The lowest BCUT2D eigenvalue weighted by atomic mass is 9.82. The summed E-state index contributed by atoms with van der Waals surface area (Å²) < 4.78 is 13.5. The summed E-state index contributed by atoms with van der Waals surface area (Å²) >= 11 is 0. The minimum atomic E-state index is -1.13. The maximum absolute atomic E-state index is 13.5. The fourth-order valence-corrected chi connectivity index (χ4v) is 3.47. The van der Waals surface area contributed by atoms with Crippen molar-refractivity contribution < 1.29 is 19.2 Å². The number of nitro benzene ring substituents is 1. The van der Waals surface area contributed by atoms with Crippen molar-refractivity contribution in [2.24, 2.45) is 5.92 Å². The quantitative estimate of drug-likeness (QED) is 0.541. The van der Waals surface area contributed by atoms with Gasteiger partial charge in [-0.3, -0.25) is 10.1 Å². The zero-order valence-electron chi connectivity index (χ0n) is 15.2. The van der Waals surface area contributed by atoms with Crippen LogP contribution in [-0.2, 0) is 0 Å². The van der Waals surface area contributed by atoms with Crippen LogP contribution in [0.25, 0.3) is 11.1 Å². The number of hydrogen-bond donors (Lipinski definition) is 1. The predicted molar refractivity (Wildman–Crippen MR) is 98.1 cm³/mol. The van der Waals surface area contributed by atoms with Gasteiger partial charge >= 0.3 is 5.97 Å². The summed E-state index contributed by atoms with van der Waals surface area (Å²) in [4.78, 5) is 22.9. The maximum atomic E-state index is 13.5. The molecule has 0 aromatic heterocycles. The van der Waals surface area contributed by atoms with E-state index in [0.29, 0.717) is 23.1 Å². The molecule has 0 spiro atoms. The number of benzene rings is 2. The summed E-state index contributed by atoms with van der Waals surface area (Å²) in [5.41, 5.74) is 1.56. The third-order valence-electron chi connectivity index (χ3n) is 4.43. The van der Waals surface area contributed by atoms with Crippen LogP contribution in [0.1, 0.15) is 54.6 Å². The van der Waals surface area contributed by atoms with Gasteiger partial charge in [0.25, 0.3) is 5.69 Å². The highest BCUT2D eigenvalue weighted by molar-refractivity contribution is 5.95. The molecule has 0 radical (unpaired) electrons. The van der Waals surface area contributed by atoms with Crippen molar-refractivity contribution in [3.8, 4) is 11.1 Å². The Labute approximate surface area is 151 Å². The minimum Gasteiger partial charge on any atom is -0.478 e. The molecule has 2 rings (SSSR count). The molecule has 2 aromatic carbocycles. The van der Waals surface area contributed by atoms with Crippen LogP contribution < -0.4 is 0 Å². The first-order chi connectivity index (χ1) is 12.1. The molecule has 1 atom stereocenters. The molecule has 26 heavy (non-hydrogen) atoms. The van der Waals surface area contributed by atoms with Crippen molar-refractivity contribution in [2.75, 3.05) is 0 Å². The molecular weight excluding hydrogens is 337 g/mol. The Balaban J connectivity index is 2.90. The number of nitro groups is 1. The van der Waals surface area contributed by atoms with E-state index in [9.17, 15) is 24.4 Å². The fraction of sp³-hybridized carbons (Fsp3) is 0.350. The van der Waals surface area contributed by atoms with Crippen LogP contribution >= 0.6 is 0 Å². The highest BCUT2D eigenvalue weighted by Gasteiger charge is 2.29. The number of nitrogens with zero attached hydrogens (tertiary/aromatic N) is 1. The molecule has 0 saturated carbocycles. The van der Waals surface area contributed by atoms with Crippen LogP contribution in [-0.4, -0.2) is 16.0 Å². The Morgan fingerprint density at radius 3 is 2.38 bits per heavy atom. The molecule has 1 N–H and O–H groups in total. The van der Waals surface area contributed by atoms with Crippen LogP contribution in [0, 0.1) is 28.8 Å². The van der Waals surface area contributed by atoms with E-state index in [2.05, 4.69) is 0 Å². The largest absolute Gasteiger partial charge is 0.478 e. The van der Waals surface area contributed by atoms with Gasteiger partial charge in [0, 0.05) is 6.07 Å². The third kappa shape index (κ3) is 3.90. The normalized spacial score (nSPS) is 12.2. The summed E-state index contributed by atoms with van der Waals surface area (Å²) in [5, 5.41) is 21.3. The maximum Gasteiger partial charge on any atom is 0.336 e. The summed E-state index contributed by atoms with van der Waals surface area (Å²) in [6.45, 7) is 7.55. The smallest absolute Gasteiger partial charge is 0.336 e. The Hall–Kier alpha value is -2.76. The molecule has 0 amide bonds. The Morgan fingerprint density at radius 1 is 1.23 bits per heavy atom. The number of carboxylic acid groups (broad SMARTS) is 1. The lowest BCUT2D eigenvalue weighted by molar-refractivity contribution is -0.384. The summed E-state index contributed by atoms with van der Waals surface area (Å²) in [6.07, 6.45) is 0.675. The average Bonchev–Trinajstić information content (AvgIpc) is 2.52. The molecule has 1 unspecified atom stereocenters. The average molecular weight is 359 g/mol. The molecule has 0 aliphatic heterocycles. The number of hydrogen-bond acceptors (Lipinski definition) is 3. The first kappa shape index (κ1) is 19.6. The molecule has 0 aliphatic carbocycles. The van der Waals surface area contributed by atoms with E-state index in [1.165, 1.54) is 30.3 Å². The Kier molecular flexibility index (Phi) is 5.75.